The minimum Gasteiger partial charge on any atom is -0.329 e. The van der Waals surface area contributed by atoms with Crippen LogP contribution in [0.3, 0.4) is 0 Å². The second-order valence-electron chi connectivity index (χ2n) is 3.74. The van der Waals surface area contributed by atoms with Crippen molar-refractivity contribution in [2.45, 2.75) is 19.1 Å². The van der Waals surface area contributed by atoms with E-state index >= 15 is 0 Å². The van der Waals surface area contributed by atoms with Gasteiger partial charge in [0.25, 0.3) is 0 Å². The molecule has 0 saturated carbocycles. The lowest BCUT2D eigenvalue weighted by Gasteiger charge is -2.33. The van der Waals surface area contributed by atoms with Crippen LogP contribution in [0.15, 0.2) is 0 Å². The highest BCUT2D eigenvalue weighted by atomic mass is 35.5. The Morgan fingerprint density at radius 1 is 1.54 bits per heavy atom. The van der Waals surface area contributed by atoms with Crippen molar-refractivity contribution in [1.29, 1.82) is 0 Å². The summed E-state index contributed by atoms with van der Waals surface area (Å²) in [5.41, 5.74) is 5.53. The van der Waals surface area contributed by atoms with E-state index in [0.717, 1.165) is 24.3 Å². The van der Waals surface area contributed by atoms with Gasteiger partial charge in [0, 0.05) is 37.2 Å². The molecule has 1 saturated heterocycles. The van der Waals surface area contributed by atoms with Gasteiger partial charge in [0.1, 0.15) is 0 Å². The molecular weight excluding hydrogens is 204 g/mol. The van der Waals surface area contributed by atoms with Crippen LogP contribution in [0.1, 0.15) is 13.8 Å². The Balaban J connectivity index is 0.00000144. The van der Waals surface area contributed by atoms with Crippen LogP contribution >= 0.6 is 24.2 Å². The fourth-order valence-electron chi connectivity index (χ4n) is 1.52. The van der Waals surface area contributed by atoms with Crippen molar-refractivity contribution >= 4 is 24.2 Å². The van der Waals surface area contributed by atoms with Crippen molar-refractivity contribution in [2.24, 2.45) is 11.7 Å². The molecule has 0 aliphatic carbocycles. The molecule has 0 bridgehead atoms. The minimum absolute atomic E-state index is 0. The second kappa shape index (κ2) is 6.93. The third kappa shape index (κ3) is 4.54. The number of halogens is 1. The van der Waals surface area contributed by atoms with E-state index in [2.05, 4.69) is 30.5 Å². The predicted octanol–water partition coefficient (Wildman–Crippen LogP) is 1.44. The predicted molar refractivity (Wildman–Crippen MR) is 63.8 cm³/mol. The van der Waals surface area contributed by atoms with Gasteiger partial charge in [0.2, 0.25) is 0 Å². The Morgan fingerprint density at radius 2 is 2.23 bits per heavy atom. The molecule has 1 atom stereocenters. The first-order valence-electron chi connectivity index (χ1n) is 4.78. The third-order valence-electron chi connectivity index (χ3n) is 2.37. The normalized spacial score (nSPS) is 24.5. The van der Waals surface area contributed by atoms with Gasteiger partial charge < -0.3 is 10.6 Å². The van der Waals surface area contributed by atoms with Crippen molar-refractivity contribution < 1.29 is 0 Å². The molecule has 0 spiro atoms. The Kier molecular flexibility index (Phi) is 7.23. The molecule has 0 aromatic carbocycles. The summed E-state index contributed by atoms with van der Waals surface area (Å²) in [6.45, 7) is 8.96. The third-order valence-corrected chi connectivity index (χ3v) is 3.91. The molecule has 80 valence electrons. The van der Waals surface area contributed by atoms with Gasteiger partial charge in [0.15, 0.2) is 0 Å². The van der Waals surface area contributed by atoms with Crippen LogP contribution in [-0.4, -0.2) is 42.1 Å². The maximum Gasteiger partial charge on any atom is 0.0198 e. The molecule has 1 rings (SSSR count). The van der Waals surface area contributed by atoms with E-state index in [4.69, 9.17) is 5.73 Å². The monoisotopic (exact) mass is 224 g/mol. The highest BCUT2D eigenvalue weighted by Crippen LogP contribution is 2.24. The number of nitrogens with zero attached hydrogens (tertiary/aromatic N) is 1. The first kappa shape index (κ1) is 13.6. The summed E-state index contributed by atoms with van der Waals surface area (Å²) in [5.74, 6) is 2.08. The van der Waals surface area contributed by atoms with E-state index in [9.17, 15) is 0 Å². The first-order chi connectivity index (χ1) is 5.74. The molecule has 13 heavy (non-hydrogen) atoms. The number of hydrogen-bond acceptors (Lipinski definition) is 3. The lowest BCUT2D eigenvalue weighted by molar-refractivity contribution is 0.275. The van der Waals surface area contributed by atoms with Crippen LogP contribution in [0.5, 0.6) is 0 Å². The van der Waals surface area contributed by atoms with Crippen LogP contribution < -0.4 is 5.73 Å². The number of nitrogens with two attached hydrogens (primary N) is 1. The zero-order valence-corrected chi connectivity index (χ0v) is 10.2. The molecular formula is C9H21ClN2S. The summed E-state index contributed by atoms with van der Waals surface area (Å²) < 4.78 is 0. The van der Waals surface area contributed by atoms with Crippen molar-refractivity contribution in [3.63, 3.8) is 0 Å². The molecule has 1 unspecified atom stereocenters. The lowest BCUT2D eigenvalue weighted by atomic mass is 10.1. The number of hydrogen-bond donors (Lipinski definition) is 1. The largest absolute Gasteiger partial charge is 0.329 e. The smallest absolute Gasteiger partial charge is 0.0198 e. The molecule has 4 heteroatoms. The van der Waals surface area contributed by atoms with Crippen LogP contribution in [0.25, 0.3) is 0 Å². The van der Waals surface area contributed by atoms with Crippen molar-refractivity contribution in [2.75, 3.05) is 31.9 Å². The van der Waals surface area contributed by atoms with E-state index < -0.39 is 0 Å². The number of rotatable bonds is 3. The van der Waals surface area contributed by atoms with E-state index in [-0.39, 0.29) is 12.4 Å². The summed E-state index contributed by atoms with van der Waals surface area (Å²) in [5, 5.41) is 0.824. The van der Waals surface area contributed by atoms with Gasteiger partial charge in [-0.05, 0) is 5.92 Å². The SMILES string of the molecule is CC(C)C1CN(CCN)CCS1.Cl. The summed E-state index contributed by atoms with van der Waals surface area (Å²) in [6, 6.07) is 0. The maximum absolute atomic E-state index is 5.53. The van der Waals surface area contributed by atoms with E-state index in [1.807, 2.05) is 0 Å². The molecule has 1 fully saturated rings. The van der Waals surface area contributed by atoms with Crippen LogP contribution in [0.4, 0.5) is 0 Å². The molecule has 0 aromatic rings. The number of thioether (sulfide) groups is 1. The van der Waals surface area contributed by atoms with Crippen LogP contribution in [0, 0.1) is 5.92 Å². The van der Waals surface area contributed by atoms with Gasteiger partial charge in [0.05, 0.1) is 0 Å². The quantitative estimate of drug-likeness (QED) is 0.787. The molecule has 2 N–H and O–H groups in total. The molecule has 0 radical (unpaired) electrons. The Hall–Kier alpha value is 0.560. The molecule has 0 amide bonds. The van der Waals surface area contributed by atoms with Crippen molar-refractivity contribution in [3.8, 4) is 0 Å². The van der Waals surface area contributed by atoms with E-state index in [1.54, 1.807) is 0 Å². The fourth-order valence-corrected chi connectivity index (χ4v) is 2.89. The highest BCUT2D eigenvalue weighted by molar-refractivity contribution is 8.00. The molecule has 1 aliphatic rings. The average molecular weight is 225 g/mol. The van der Waals surface area contributed by atoms with Gasteiger partial charge in [-0.3, -0.25) is 0 Å². The van der Waals surface area contributed by atoms with Crippen molar-refractivity contribution in [3.05, 3.63) is 0 Å². The Labute approximate surface area is 92.0 Å². The van der Waals surface area contributed by atoms with Gasteiger partial charge in [-0.25, -0.2) is 0 Å². The van der Waals surface area contributed by atoms with Gasteiger partial charge >= 0.3 is 0 Å². The van der Waals surface area contributed by atoms with Gasteiger partial charge in [-0.1, -0.05) is 13.8 Å². The van der Waals surface area contributed by atoms with Gasteiger partial charge in [-0.15, -0.1) is 12.4 Å². The zero-order chi connectivity index (χ0) is 8.97. The minimum atomic E-state index is 0. The summed E-state index contributed by atoms with van der Waals surface area (Å²) >= 11 is 2.12. The van der Waals surface area contributed by atoms with Crippen molar-refractivity contribution in [1.82, 2.24) is 4.90 Å². The van der Waals surface area contributed by atoms with Gasteiger partial charge in [-0.2, -0.15) is 11.8 Å². The molecule has 1 heterocycles. The highest BCUT2D eigenvalue weighted by Gasteiger charge is 2.21. The molecule has 0 aromatic heterocycles. The molecule has 2 nitrogen and oxygen atoms in total. The maximum atomic E-state index is 5.53. The second-order valence-corrected chi connectivity index (χ2v) is 5.09. The average Bonchev–Trinajstić information content (AvgIpc) is 2.05. The van der Waals surface area contributed by atoms with E-state index in [1.165, 1.54) is 18.8 Å². The lowest BCUT2D eigenvalue weighted by Crippen LogP contribution is -2.42. The Bertz CT molecular complexity index is 131. The zero-order valence-electron chi connectivity index (χ0n) is 8.53. The summed E-state index contributed by atoms with van der Waals surface area (Å²) in [6.07, 6.45) is 0. The fraction of sp³-hybridized carbons (Fsp3) is 1.00. The standard InChI is InChI=1S/C9H20N2S.ClH/c1-8(2)9-7-11(4-3-10)5-6-12-9;/h8-9H,3-7,10H2,1-2H3;1H. The first-order valence-corrected chi connectivity index (χ1v) is 5.83. The summed E-state index contributed by atoms with van der Waals surface area (Å²) in [4.78, 5) is 2.49. The Morgan fingerprint density at radius 3 is 2.77 bits per heavy atom. The van der Waals surface area contributed by atoms with E-state index in [0.29, 0.717) is 0 Å². The van der Waals surface area contributed by atoms with Crippen LogP contribution in [-0.2, 0) is 0 Å². The molecule has 1 aliphatic heterocycles. The topological polar surface area (TPSA) is 29.3 Å². The summed E-state index contributed by atoms with van der Waals surface area (Å²) in [7, 11) is 0. The van der Waals surface area contributed by atoms with Crippen LogP contribution in [0.2, 0.25) is 0 Å².